The van der Waals surface area contributed by atoms with E-state index in [0.29, 0.717) is 17.1 Å². The van der Waals surface area contributed by atoms with Gasteiger partial charge in [-0.15, -0.1) is 0 Å². The summed E-state index contributed by atoms with van der Waals surface area (Å²) in [7, 11) is 1.55. The third kappa shape index (κ3) is 5.27. The molecule has 0 aliphatic carbocycles. The predicted octanol–water partition coefficient (Wildman–Crippen LogP) is 3.53. The lowest BCUT2D eigenvalue weighted by atomic mass is 10.2. The SMILES string of the molecule is COc1cccc(NC(=O)NCC(=O)Nc2ccc(Br)cc2C)c1. The van der Waals surface area contributed by atoms with Crippen LogP contribution in [0.25, 0.3) is 0 Å². The molecule has 0 bridgehead atoms. The number of amides is 3. The number of rotatable bonds is 5. The lowest BCUT2D eigenvalue weighted by Gasteiger charge is -2.11. The largest absolute Gasteiger partial charge is 0.497 e. The Bertz CT molecular complexity index is 750. The van der Waals surface area contributed by atoms with Crippen molar-refractivity contribution in [3.8, 4) is 5.75 Å². The molecule has 3 amide bonds. The number of ether oxygens (including phenoxy) is 1. The molecule has 0 heterocycles. The van der Waals surface area contributed by atoms with Crippen molar-refractivity contribution in [2.45, 2.75) is 6.92 Å². The molecular weight excluding hydrogens is 374 g/mol. The van der Waals surface area contributed by atoms with E-state index in [0.717, 1.165) is 10.0 Å². The average Bonchev–Trinajstić information content (AvgIpc) is 2.56. The van der Waals surface area contributed by atoms with Gasteiger partial charge in [0.1, 0.15) is 5.75 Å². The molecule has 0 fully saturated rings. The standard InChI is InChI=1S/C17H18BrN3O3/c1-11-8-12(18)6-7-15(11)21-16(22)10-19-17(23)20-13-4-3-5-14(9-13)24-2/h3-9H,10H2,1-2H3,(H,21,22)(H2,19,20,23). The fourth-order valence-electron chi connectivity index (χ4n) is 2.00. The molecule has 0 saturated carbocycles. The van der Waals surface area contributed by atoms with Gasteiger partial charge < -0.3 is 20.7 Å². The summed E-state index contributed by atoms with van der Waals surface area (Å²) < 4.78 is 6.02. The number of anilines is 2. The second kappa shape index (κ2) is 8.35. The van der Waals surface area contributed by atoms with Crippen molar-refractivity contribution >= 4 is 39.2 Å². The Morgan fingerprint density at radius 3 is 2.62 bits per heavy atom. The molecule has 24 heavy (non-hydrogen) atoms. The number of aryl methyl sites for hydroxylation is 1. The van der Waals surface area contributed by atoms with E-state index in [1.807, 2.05) is 19.1 Å². The first-order valence-corrected chi connectivity index (χ1v) is 8.02. The van der Waals surface area contributed by atoms with E-state index in [1.165, 1.54) is 0 Å². The number of carbonyl (C=O) groups is 2. The lowest BCUT2D eigenvalue weighted by molar-refractivity contribution is -0.115. The van der Waals surface area contributed by atoms with Crippen LogP contribution < -0.4 is 20.7 Å². The van der Waals surface area contributed by atoms with E-state index in [1.54, 1.807) is 37.4 Å². The Labute approximate surface area is 148 Å². The second-order valence-corrected chi connectivity index (χ2v) is 5.96. The molecular formula is C17H18BrN3O3. The molecule has 0 aliphatic heterocycles. The van der Waals surface area contributed by atoms with Gasteiger partial charge >= 0.3 is 6.03 Å². The maximum absolute atomic E-state index is 11.9. The lowest BCUT2D eigenvalue weighted by Crippen LogP contribution is -2.35. The van der Waals surface area contributed by atoms with E-state index in [9.17, 15) is 9.59 Å². The van der Waals surface area contributed by atoms with Crippen LogP contribution in [0.15, 0.2) is 46.9 Å². The first-order valence-electron chi connectivity index (χ1n) is 7.23. The van der Waals surface area contributed by atoms with E-state index in [-0.39, 0.29) is 12.5 Å². The van der Waals surface area contributed by atoms with E-state index in [2.05, 4.69) is 31.9 Å². The molecule has 126 valence electrons. The van der Waals surface area contributed by atoms with Gasteiger partial charge in [-0.3, -0.25) is 4.79 Å². The predicted molar refractivity (Wildman–Crippen MR) is 97.5 cm³/mol. The summed E-state index contributed by atoms with van der Waals surface area (Å²) in [4.78, 5) is 23.8. The minimum absolute atomic E-state index is 0.134. The third-order valence-corrected chi connectivity index (χ3v) is 3.69. The van der Waals surface area contributed by atoms with E-state index >= 15 is 0 Å². The maximum atomic E-state index is 11.9. The van der Waals surface area contributed by atoms with Gasteiger partial charge in [-0.1, -0.05) is 22.0 Å². The molecule has 0 aliphatic rings. The number of carbonyl (C=O) groups excluding carboxylic acids is 2. The molecule has 2 aromatic carbocycles. The van der Waals surface area contributed by atoms with Crippen molar-refractivity contribution in [3.63, 3.8) is 0 Å². The van der Waals surface area contributed by atoms with Crippen LogP contribution in [0.2, 0.25) is 0 Å². The molecule has 0 saturated heterocycles. The normalized spacial score (nSPS) is 9.96. The highest BCUT2D eigenvalue weighted by atomic mass is 79.9. The summed E-state index contributed by atoms with van der Waals surface area (Å²) in [5.41, 5.74) is 2.22. The molecule has 2 rings (SSSR count). The van der Waals surface area contributed by atoms with Crippen molar-refractivity contribution in [1.29, 1.82) is 0 Å². The maximum Gasteiger partial charge on any atom is 0.319 e. The number of hydrogen-bond donors (Lipinski definition) is 3. The fraction of sp³-hybridized carbons (Fsp3) is 0.176. The van der Waals surface area contributed by atoms with Gasteiger partial charge in [-0.2, -0.15) is 0 Å². The monoisotopic (exact) mass is 391 g/mol. The van der Waals surface area contributed by atoms with Crippen LogP contribution in [0.3, 0.4) is 0 Å². The highest BCUT2D eigenvalue weighted by Crippen LogP contribution is 2.20. The van der Waals surface area contributed by atoms with Crippen LogP contribution in [0, 0.1) is 6.92 Å². The minimum atomic E-state index is -0.467. The van der Waals surface area contributed by atoms with E-state index < -0.39 is 6.03 Å². The Kier molecular flexibility index (Phi) is 6.20. The highest BCUT2D eigenvalue weighted by Gasteiger charge is 2.08. The first-order chi connectivity index (χ1) is 11.5. The second-order valence-electron chi connectivity index (χ2n) is 5.05. The summed E-state index contributed by atoms with van der Waals surface area (Å²) in [6, 6.07) is 12.0. The van der Waals surface area contributed by atoms with Gasteiger partial charge in [0, 0.05) is 21.9 Å². The summed E-state index contributed by atoms with van der Waals surface area (Å²) in [5.74, 6) is 0.331. The number of nitrogens with one attached hydrogen (secondary N) is 3. The van der Waals surface area contributed by atoms with Crippen LogP contribution in [0.5, 0.6) is 5.75 Å². The average molecular weight is 392 g/mol. The molecule has 0 spiro atoms. The van der Waals surface area contributed by atoms with E-state index in [4.69, 9.17) is 4.74 Å². The van der Waals surface area contributed by atoms with Gasteiger partial charge in [-0.05, 0) is 42.8 Å². The number of methoxy groups -OCH3 is 1. The van der Waals surface area contributed by atoms with Crippen LogP contribution in [-0.4, -0.2) is 25.6 Å². The van der Waals surface area contributed by atoms with Gasteiger partial charge in [0.25, 0.3) is 0 Å². The zero-order valence-corrected chi connectivity index (χ0v) is 14.9. The van der Waals surface area contributed by atoms with Crippen molar-refractivity contribution in [2.75, 3.05) is 24.3 Å². The first kappa shape index (κ1) is 17.8. The molecule has 2 aromatic rings. The molecule has 6 nitrogen and oxygen atoms in total. The summed E-state index contributed by atoms with van der Waals surface area (Å²) in [6.07, 6.45) is 0. The Morgan fingerprint density at radius 1 is 1.12 bits per heavy atom. The Morgan fingerprint density at radius 2 is 1.92 bits per heavy atom. The zero-order valence-electron chi connectivity index (χ0n) is 13.4. The summed E-state index contributed by atoms with van der Waals surface area (Å²) in [5, 5.41) is 7.90. The number of halogens is 1. The molecule has 0 unspecified atom stereocenters. The molecule has 0 aromatic heterocycles. The van der Waals surface area contributed by atoms with Gasteiger partial charge in [0.15, 0.2) is 0 Å². The summed E-state index contributed by atoms with van der Waals surface area (Å²) >= 11 is 3.37. The van der Waals surface area contributed by atoms with Gasteiger partial charge in [0.2, 0.25) is 5.91 Å². The van der Waals surface area contributed by atoms with Crippen molar-refractivity contribution in [1.82, 2.24) is 5.32 Å². The van der Waals surface area contributed by atoms with Gasteiger partial charge in [0.05, 0.1) is 13.7 Å². The van der Waals surface area contributed by atoms with Crippen molar-refractivity contribution in [3.05, 3.63) is 52.5 Å². The molecule has 3 N–H and O–H groups in total. The van der Waals surface area contributed by atoms with Crippen LogP contribution in [-0.2, 0) is 4.79 Å². The molecule has 0 radical (unpaired) electrons. The Hall–Kier alpha value is -2.54. The highest BCUT2D eigenvalue weighted by molar-refractivity contribution is 9.10. The van der Waals surface area contributed by atoms with Crippen LogP contribution >= 0.6 is 15.9 Å². The van der Waals surface area contributed by atoms with Crippen LogP contribution in [0.4, 0.5) is 16.2 Å². The number of urea groups is 1. The quantitative estimate of drug-likeness (QED) is 0.729. The number of benzene rings is 2. The summed E-state index contributed by atoms with van der Waals surface area (Å²) in [6.45, 7) is 1.76. The van der Waals surface area contributed by atoms with Gasteiger partial charge in [-0.25, -0.2) is 4.79 Å². The minimum Gasteiger partial charge on any atom is -0.497 e. The number of hydrogen-bond acceptors (Lipinski definition) is 3. The fourth-order valence-corrected chi connectivity index (χ4v) is 2.47. The smallest absolute Gasteiger partial charge is 0.319 e. The molecule has 7 heteroatoms. The van der Waals surface area contributed by atoms with Crippen molar-refractivity contribution < 1.29 is 14.3 Å². The zero-order chi connectivity index (χ0) is 17.5. The third-order valence-electron chi connectivity index (χ3n) is 3.20. The topological polar surface area (TPSA) is 79.5 Å². The Balaban J connectivity index is 1.83. The van der Waals surface area contributed by atoms with Crippen LogP contribution in [0.1, 0.15) is 5.56 Å². The van der Waals surface area contributed by atoms with Crippen molar-refractivity contribution in [2.24, 2.45) is 0 Å². The molecule has 0 atom stereocenters.